The second kappa shape index (κ2) is 8.77. The number of fused-ring (bicyclic) bond motifs is 2. The standard InChI is InChI=1S/C26H21N7OS/c1-2-3-22(34)29-18-10-17(12-27-13-18)15-4-5-20-19(11-15)24(33-32-20)26-30-21-6-8-28-23(25(21)31-26)16-7-9-35-14-16/h4-14H,2-3H2,1H3,(H,29,34)(H,30,31)(H,32,33). The average Bonchev–Trinajstić information content (AvgIpc) is 3.63. The molecule has 5 aromatic heterocycles. The van der Waals surface area contributed by atoms with Crippen LogP contribution in [-0.2, 0) is 4.79 Å². The highest BCUT2D eigenvalue weighted by molar-refractivity contribution is 7.08. The lowest BCUT2D eigenvalue weighted by Gasteiger charge is -2.07. The van der Waals surface area contributed by atoms with E-state index in [9.17, 15) is 4.79 Å². The maximum absolute atomic E-state index is 12.0. The number of hydrogen-bond acceptors (Lipinski definition) is 6. The number of carbonyl (C=O) groups excluding carboxylic acids is 1. The van der Waals surface area contributed by atoms with Crippen molar-refractivity contribution in [3.63, 3.8) is 0 Å². The van der Waals surface area contributed by atoms with Crippen LogP contribution in [0.5, 0.6) is 0 Å². The summed E-state index contributed by atoms with van der Waals surface area (Å²) in [6.07, 6.45) is 6.52. The molecule has 0 aliphatic carbocycles. The summed E-state index contributed by atoms with van der Waals surface area (Å²) < 4.78 is 0. The predicted molar refractivity (Wildman–Crippen MR) is 139 cm³/mol. The van der Waals surface area contributed by atoms with Crippen LogP contribution in [0, 0.1) is 0 Å². The number of benzene rings is 1. The first-order valence-electron chi connectivity index (χ1n) is 11.3. The van der Waals surface area contributed by atoms with Gasteiger partial charge in [-0.05, 0) is 47.7 Å². The molecular formula is C26H21N7OS. The second-order valence-corrected chi connectivity index (χ2v) is 9.03. The van der Waals surface area contributed by atoms with Crippen molar-refractivity contribution in [2.75, 3.05) is 5.32 Å². The average molecular weight is 480 g/mol. The van der Waals surface area contributed by atoms with E-state index < -0.39 is 0 Å². The van der Waals surface area contributed by atoms with Gasteiger partial charge in [-0.15, -0.1) is 0 Å². The van der Waals surface area contributed by atoms with Gasteiger partial charge in [0.1, 0.15) is 11.2 Å². The Morgan fingerprint density at radius 2 is 1.97 bits per heavy atom. The minimum Gasteiger partial charge on any atom is -0.336 e. The SMILES string of the molecule is CCCC(=O)Nc1cncc(-c2ccc3[nH]nc(-c4nc5c(-c6ccsc6)nccc5[nH]4)c3c2)c1. The van der Waals surface area contributed by atoms with Crippen molar-refractivity contribution in [3.05, 3.63) is 65.7 Å². The lowest BCUT2D eigenvalue weighted by molar-refractivity contribution is -0.116. The second-order valence-electron chi connectivity index (χ2n) is 8.25. The maximum Gasteiger partial charge on any atom is 0.224 e. The first-order chi connectivity index (χ1) is 17.2. The highest BCUT2D eigenvalue weighted by Gasteiger charge is 2.16. The van der Waals surface area contributed by atoms with Gasteiger partial charge in [0.2, 0.25) is 5.91 Å². The normalized spacial score (nSPS) is 11.3. The molecular weight excluding hydrogens is 458 g/mol. The molecule has 0 aliphatic heterocycles. The van der Waals surface area contributed by atoms with Crippen LogP contribution in [-0.4, -0.2) is 36.0 Å². The molecule has 172 valence electrons. The van der Waals surface area contributed by atoms with Crippen LogP contribution >= 0.6 is 11.3 Å². The fourth-order valence-corrected chi connectivity index (χ4v) is 4.79. The van der Waals surface area contributed by atoms with E-state index in [1.165, 1.54) is 0 Å². The van der Waals surface area contributed by atoms with E-state index in [0.29, 0.717) is 17.9 Å². The molecule has 6 rings (SSSR count). The first-order valence-corrected chi connectivity index (χ1v) is 12.2. The highest BCUT2D eigenvalue weighted by Crippen LogP contribution is 2.33. The number of thiophene rings is 1. The Bertz CT molecular complexity index is 1670. The molecule has 1 amide bonds. The molecule has 0 fully saturated rings. The van der Waals surface area contributed by atoms with Crippen LogP contribution in [0.1, 0.15) is 19.8 Å². The quantitative estimate of drug-likeness (QED) is 0.270. The number of carbonyl (C=O) groups is 1. The van der Waals surface area contributed by atoms with Crippen LogP contribution < -0.4 is 5.32 Å². The number of rotatable bonds is 6. The third-order valence-electron chi connectivity index (χ3n) is 5.82. The van der Waals surface area contributed by atoms with Gasteiger partial charge in [0.25, 0.3) is 0 Å². The van der Waals surface area contributed by atoms with E-state index in [-0.39, 0.29) is 5.91 Å². The highest BCUT2D eigenvalue weighted by atomic mass is 32.1. The Labute approximate surface area is 204 Å². The largest absolute Gasteiger partial charge is 0.336 e. The molecule has 3 N–H and O–H groups in total. The predicted octanol–water partition coefficient (Wildman–Crippen LogP) is 6.03. The fourth-order valence-electron chi connectivity index (χ4n) is 4.15. The van der Waals surface area contributed by atoms with Crippen molar-refractivity contribution in [2.24, 2.45) is 0 Å². The van der Waals surface area contributed by atoms with Gasteiger partial charge >= 0.3 is 0 Å². The van der Waals surface area contributed by atoms with Crippen molar-refractivity contribution < 1.29 is 4.79 Å². The third kappa shape index (κ3) is 3.95. The van der Waals surface area contributed by atoms with Gasteiger partial charge in [0.15, 0.2) is 5.82 Å². The zero-order valence-corrected chi connectivity index (χ0v) is 19.7. The molecule has 0 atom stereocenters. The number of amides is 1. The van der Waals surface area contributed by atoms with Gasteiger partial charge in [-0.3, -0.25) is 19.9 Å². The monoisotopic (exact) mass is 479 g/mol. The van der Waals surface area contributed by atoms with Crippen molar-refractivity contribution in [2.45, 2.75) is 19.8 Å². The van der Waals surface area contributed by atoms with Crippen LogP contribution in [0.25, 0.3) is 55.8 Å². The van der Waals surface area contributed by atoms with E-state index in [2.05, 4.69) is 41.9 Å². The van der Waals surface area contributed by atoms with E-state index in [1.54, 1.807) is 29.9 Å². The number of pyridine rings is 2. The Morgan fingerprint density at radius 3 is 2.83 bits per heavy atom. The minimum absolute atomic E-state index is 0.0137. The molecule has 5 heterocycles. The Balaban J connectivity index is 1.40. The number of aromatic amines is 2. The van der Waals surface area contributed by atoms with Gasteiger partial charge in [0, 0.05) is 40.7 Å². The fraction of sp³-hybridized carbons (Fsp3) is 0.115. The summed E-state index contributed by atoms with van der Waals surface area (Å²) in [7, 11) is 0. The molecule has 8 nitrogen and oxygen atoms in total. The molecule has 35 heavy (non-hydrogen) atoms. The number of anilines is 1. The molecule has 0 saturated carbocycles. The summed E-state index contributed by atoms with van der Waals surface area (Å²) in [6.45, 7) is 1.98. The van der Waals surface area contributed by atoms with E-state index in [0.717, 1.165) is 56.4 Å². The summed E-state index contributed by atoms with van der Waals surface area (Å²) in [4.78, 5) is 29.2. The lowest BCUT2D eigenvalue weighted by atomic mass is 10.0. The molecule has 0 unspecified atom stereocenters. The van der Waals surface area contributed by atoms with Crippen molar-refractivity contribution in [1.82, 2.24) is 30.1 Å². The van der Waals surface area contributed by atoms with Crippen LogP contribution in [0.2, 0.25) is 0 Å². The molecule has 0 bridgehead atoms. The number of hydrogen-bond donors (Lipinski definition) is 3. The molecule has 0 spiro atoms. The zero-order valence-electron chi connectivity index (χ0n) is 18.9. The van der Waals surface area contributed by atoms with E-state index >= 15 is 0 Å². The number of imidazole rings is 1. The number of H-pyrrole nitrogens is 2. The molecule has 1 aromatic carbocycles. The van der Waals surface area contributed by atoms with Crippen LogP contribution in [0.15, 0.2) is 65.7 Å². The van der Waals surface area contributed by atoms with Gasteiger partial charge in [-0.2, -0.15) is 16.4 Å². The lowest BCUT2D eigenvalue weighted by Crippen LogP contribution is -2.10. The van der Waals surface area contributed by atoms with Gasteiger partial charge in [-0.1, -0.05) is 13.0 Å². The Hall–Kier alpha value is -4.37. The first kappa shape index (κ1) is 21.2. The maximum atomic E-state index is 12.0. The zero-order chi connectivity index (χ0) is 23.8. The third-order valence-corrected chi connectivity index (χ3v) is 6.50. The van der Waals surface area contributed by atoms with E-state index in [4.69, 9.17) is 4.98 Å². The number of nitrogens with one attached hydrogen (secondary N) is 3. The smallest absolute Gasteiger partial charge is 0.224 e. The van der Waals surface area contributed by atoms with Crippen molar-refractivity contribution >= 4 is 44.9 Å². The Kier molecular flexibility index (Phi) is 5.31. The van der Waals surface area contributed by atoms with Gasteiger partial charge in [0.05, 0.1) is 28.6 Å². The molecule has 0 radical (unpaired) electrons. The van der Waals surface area contributed by atoms with Crippen molar-refractivity contribution in [3.8, 4) is 33.9 Å². The number of aromatic nitrogens is 6. The minimum atomic E-state index is -0.0137. The van der Waals surface area contributed by atoms with Gasteiger partial charge < -0.3 is 10.3 Å². The molecule has 6 aromatic rings. The molecule has 0 aliphatic rings. The molecule has 0 saturated heterocycles. The van der Waals surface area contributed by atoms with Crippen molar-refractivity contribution in [1.29, 1.82) is 0 Å². The summed E-state index contributed by atoms with van der Waals surface area (Å²) in [5.41, 5.74) is 7.80. The topological polar surface area (TPSA) is 112 Å². The van der Waals surface area contributed by atoms with E-state index in [1.807, 2.05) is 42.6 Å². The van der Waals surface area contributed by atoms with Gasteiger partial charge in [-0.25, -0.2) is 4.98 Å². The van der Waals surface area contributed by atoms with Crippen LogP contribution in [0.3, 0.4) is 0 Å². The number of nitrogens with zero attached hydrogens (tertiary/aromatic N) is 4. The summed E-state index contributed by atoms with van der Waals surface area (Å²) >= 11 is 1.63. The summed E-state index contributed by atoms with van der Waals surface area (Å²) in [6, 6.07) is 12.0. The Morgan fingerprint density at radius 1 is 1.03 bits per heavy atom. The summed E-state index contributed by atoms with van der Waals surface area (Å²) in [5, 5.41) is 15.6. The van der Waals surface area contributed by atoms with Crippen LogP contribution in [0.4, 0.5) is 5.69 Å². The molecule has 9 heteroatoms. The summed E-state index contributed by atoms with van der Waals surface area (Å²) in [5.74, 6) is 0.659.